The van der Waals surface area contributed by atoms with Crippen LogP contribution < -0.4 is 0 Å². The largest absolute Gasteiger partial charge is 0.481 e. The Bertz CT molecular complexity index is 871. The Morgan fingerprint density at radius 2 is 1.97 bits per heavy atom. The molecule has 4 atom stereocenters. The average Bonchev–Trinajstić information content (AvgIpc) is 2.74. The lowest BCUT2D eigenvalue weighted by atomic mass is 9.69. The van der Waals surface area contributed by atoms with Gasteiger partial charge in [-0.25, -0.2) is 0 Å². The molecule has 4 rings (SSSR count). The average molecular weight is 430 g/mol. The van der Waals surface area contributed by atoms with Gasteiger partial charge in [0, 0.05) is 42.2 Å². The van der Waals surface area contributed by atoms with E-state index in [9.17, 15) is 19.7 Å². The first-order chi connectivity index (χ1) is 14.9. The van der Waals surface area contributed by atoms with Crippen LogP contribution in [0.5, 0.6) is 0 Å². The molecule has 0 bridgehead atoms. The number of carboxylic acid groups (broad SMARTS) is 1. The number of aliphatic carboxylic acids is 1. The molecular weight excluding hydrogens is 398 g/mol. The molecule has 3 aliphatic rings. The van der Waals surface area contributed by atoms with Gasteiger partial charge >= 0.3 is 5.97 Å². The predicted molar refractivity (Wildman–Crippen MR) is 115 cm³/mol. The van der Waals surface area contributed by atoms with E-state index in [1.54, 1.807) is 19.1 Å². The van der Waals surface area contributed by atoms with Crippen LogP contribution in [0, 0.1) is 28.9 Å². The molecule has 1 N–H and O–H groups in total. The second-order valence-electron chi connectivity index (χ2n) is 9.25. The van der Waals surface area contributed by atoms with E-state index in [0.717, 1.165) is 38.8 Å². The molecule has 0 radical (unpaired) electrons. The number of hydrogen-bond donors (Lipinski definition) is 1. The Morgan fingerprint density at radius 3 is 2.68 bits per heavy atom. The van der Waals surface area contributed by atoms with Gasteiger partial charge in [-0.3, -0.25) is 24.6 Å². The Hall–Kier alpha value is -2.48. The number of benzene rings is 1. The van der Waals surface area contributed by atoms with Gasteiger partial charge in [0.2, 0.25) is 0 Å². The summed E-state index contributed by atoms with van der Waals surface area (Å²) in [6.07, 6.45) is 5.67. The standard InChI is InChI=1S/C23H31N3O5/c1-15-17(7-2-9-19(15)26(30)31)23(29)25-14-16-6-4-12-24-13-5-8-18(22(16)24)20(25)10-3-11-21(27)28/h2,7,9,16,18,20,22H,3-6,8,10-14H2,1H3,(H,27,28)/t16-,18+,20-,22-/m0/s1. The molecule has 1 aromatic rings. The summed E-state index contributed by atoms with van der Waals surface area (Å²) in [5, 5.41) is 20.5. The highest BCUT2D eigenvalue weighted by molar-refractivity contribution is 5.97. The van der Waals surface area contributed by atoms with Crippen molar-refractivity contribution in [3.63, 3.8) is 0 Å². The number of carbonyl (C=O) groups is 2. The number of hydrogen-bond acceptors (Lipinski definition) is 5. The van der Waals surface area contributed by atoms with Gasteiger partial charge < -0.3 is 10.0 Å². The summed E-state index contributed by atoms with van der Waals surface area (Å²) in [6, 6.07) is 5.13. The highest BCUT2D eigenvalue weighted by atomic mass is 16.6. The summed E-state index contributed by atoms with van der Waals surface area (Å²) in [5.74, 6) is -0.214. The van der Waals surface area contributed by atoms with E-state index >= 15 is 0 Å². The van der Waals surface area contributed by atoms with Crippen LogP contribution in [-0.4, -0.2) is 63.4 Å². The van der Waals surface area contributed by atoms with E-state index in [2.05, 4.69) is 4.90 Å². The van der Waals surface area contributed by atoms with Crippen LogP contribution in [-0.2, 0) is 4.79 Å². The molecule has 1 aromatic carbocycles. The summed E-state index contributed by atoms with van der Waals surface area (Å²) in [5.41, 5.74) is 0.752. The zero-order chi connectivity index (χ0) is 22.1. The van der Waals surface area contributed by atoms with Crippen LogP contribution in [0.3, 0.4) is 0 Å². The minimum Gasteiger partial charge on any atom is -0.481 e. The molecule has 0 aromatic heterocycles. The second-order valence-corrected chi connectivity index (χ2v) is 9.25. The third-order valence-electron chi connectivity index (χ3n) is 7.56. The molecule has 3 aliphatic heterocycles. The van der Waals surface area contributed by atoms with Gasteiger partial charge in [-0.15, -0.1) is 0 Å². The number of nitrogens with zero attached hydrogens (tertiary/aromatic N) is 3. The quantitative estimate of drug-likeness (QED) is 0.548. The highest BCUT2D eigenvalue weighted by Crippen LogP contribution is 2.44. The number of likely N-dealkylation sites (tertiary alicyclic amines) is 1. The summed E-state index contributed by atoms with van der Waals surface area (Å²) >= 11 is 0. The van der Waals surface area contributed by atoms with Crippen molar-refractivity contribution >= 4 is 17.6 Å². The lowest BCUT2D eigenvalue weighted by molar-refractivity contribution is -0.385. The van der Waals surface area contributed by atoms with Gasteiger partial charge in [0.05, 0.1) is 4.92 Å². The molecule has 1 amide bonds. The maximum atomic E-state index is 13.7. The van der Waals surface area contributed by atoms with E-state index in [0.29, 0.717) is 48.4 Å². The monoisotopic (exact) mass is 429 g/mol. The third kappa shape index (κ3) is 4.18. The van der Waals surface area contributed by atoms with Gasteiger partial charge in [0.25, 0.3) is 11.6 Å². The minimum absolute atomic E-state index is 0.0207. The molecule has 8 nitrogen and oxygen atoms in total. The van der Waals surface area contributed by atoms with E-state index in [4.69, 9.17) is 5.11 Å². The van der Waals surface area contributed by atoms with E-state index < -0.39 is 10.9 Å². The first-order valence-corrected chi connectivity index (χ1v) is 11.4. The lowest BCUT2D eigenvalue weighted by Gasteiger charge is -2.57. The van der Waals surface area contributed by atoms with E-state index in [1.165, 1.54) is 6.07 Å². The van der Waals surface area contributed by atoms with E-state index in [1.807, 2.05) is 4.90 Å². The van der Waals surface area contributed by atoms with Crippen molar-refractivity contribution in [1.29, 1.82) is 0 Å². The topological polar surface area (TPSA) is 104 Å². The van der Waals surface area contributed by atoms with Crippen molar-refractivity contribution in [2.45, 2.75) is 64.0 Å². The number of amides is 1. The molecule has 168 valence electrons. The van der Waals surface area contributed by atoms with Crippen LogP contribution >= 0.6 is 0 Å². The molecule has 0 aliphatic carbocycles. The minimum atomic E-state index is -0.816. The fourth-order valence-electron chi connectivity index (χ4n) is 6.27. The zero-order valence-electron chi connectivity index (χ0n) is 18.0. The predicted octanol–water partition coefficient (Wildman–Crippen LogP) is 3.47. The molecule has 0 spiro atoms. The summed E-state index contributed by atoms with van der Waals surface area (Å²) in [6.45, 7) is 4.51. The fraction of sp³-hybridized carbons (Fsp3) is 0.652. The summed E-state index contributed by atoms with van der Waals surface area (Å²) in [7, 11) is 0. The van der Waals surface area contributed by atoms with Crippen molar-refractivity contribution in [3.05, 3.63) is 39.4 Å². The molecule has 0 saturated carbocycles. The van der Waals surface area contributed by atoms with Crippen molar-refractivity contribution in [2.75, 3.05) is 19.6 Å². The Balaban J connectivity index is 1.66. The second kappa shape index (κ2) is 8.94. The van der Waals surface area contributed by atoms with Crippen LogP contribution in [0.2, 0.25) is 0 Å². The van der Waals surface area contributed by atoms with Crippen molar-refractivity contribution in [1.82, 2.24) is 9.80 Å². The molecule has 3 fully saturated rings. The van der Waals surface area contributed by atoms with Crippen LogP contribution in [0.4, 0.5) is 5.69 Å². The normalized spacial score (nSPS) is 28.1. The number of piperidine rings is 3. The fourth-order valence-corrected chi connectivity index (χ4v) is 6.27. The van der Waals surface area contributed by atoms with Gasteiger partial charge in [-0.05, 0) is 76.4 Å². The molecule has 8 heteroatoms. The third-order valence-corrected chi connectivity index (χ3v) is 7.56. The number of rotatable bonds is 6. The Labute approximate surface area is 182 Å². The van der Waals surface area contributed by atoms with Crippen LogP contribution in [0.15, 0.2) is 18.2 Å². The first-order valence-electron chi connectivity index (χ1n) is 11.4. The number of carbonyl (C=O) groups excluding carboxylic acids is 1. The number of carboxylic acids is 1. The highest BCUT2D eigenvalue weighted by Gasteiger charge is 2.49. The summed E-state index contributed by atoms with van der Waals surface area (Å²) < 4.78 is 0. The van der Waals surface area contributed by atoms with Gasteiger partial charge in [-0.2, -0.15) is 0 Å². The smallest absolute Gasteiger partial charge is 0.303 e. The van der Waals surface area contributed by atoms with Gasteiger partial charge in [-0.1, -0.05) is 6.07 Å². The summed E-state index contributed by atoms with van der Waals surface area (Å²) in [4.78, 5) is 40.3. The van der Waals surface area contributed by atoms with Crippen molar-refractivity contribution < 1.29 is 19.6 Å². The number of nitro groups is 1. The molecule has 31 heavy (non-hydrogen) atoms. The SMILES string of the molecule is Cc1c(C(=O)N2C[C@@H]3CCCN4CCC[C@@H]([C@H]34)[C@@H]2CCCC(=O)O)cccc1[N+](=O)[O-]. The molecule has 3 saturated heterocycles. The van der Waals surface area contributed by atoms with Crippen LogP contribution in [0.25, 0.3) is 0 Å². The maximum Gasteiger partial charge on any atom is 0.303 e. The van der Waals surface area contributed by atoms with Crippen molar-refractivity contribution in [3.8, 4) is 0 Å². The molecule has 0 unspecified atom stereocenters. The van der Waals surface area contributed by atoms with Gasteiger partial charge in [0.15, 0.2) is 0 Å². The number of nitro benzene ring substituents is 1. The Kier molecular flexibility index (Phi) is 6.27. The molecular formula is C23H31N3O5. The van der Waals surface area contributed by atoms with Crippen LogP contribution in [0.1, 0.15) is 60.9 Å². The molecule has 3 heterocycles. The van der Waals surface area contributed by atoms with Gasteiger partial charge in [0.1, 0.15) is 0 Å². The Morgan fingerprint density at radius 1 is 1.23 bits per heavy atom. The zero-order valence-corrected chi connectivity index (χ0v) is 18.0. The lowest BCUT2D eigenvalue weighted by Crippen LogP contribution is -2.65. The van der Waals surface area contributed by atoms with E-state index in [-0.39, 0.29) is 24.1 Å². The first kappa shape index (κ1) is 21.7. The maximum absolute atomic E-state index is 13.7. The van der Waals surface area contributed by atoms with Crippen molar-refractivity contribution in [2.24, 2.45) is 11.8 Å².